The fourth-order valence-electron chi connectivity index (χ4n) is 1.96. The zero-order valence-electron chi connectivity index (χ0n) is 13.5. The molecule has 9 heteroatoms. The van der Waals surface area contributed by atoms with E-state index in [9.17, 15) is 19.2 Å². The number of methoxy groups -OCH3 is 1. The first-order valence-corrected chi connectivity index (χ1v) is 7.46. The van der Waals surface area contributed by atoms with E-state index in [1.807, 2.05) is 0 Å². The number of rotatable bonds is 6. The van der Waals surface area contributed by atoms with Gasteiger partial charge < -0.3 is 14.8 Å². The van der Waals surface area contributed by atoms with E-state index in [0.29, 0.717) is 5.56 Å². The molecule has 0 fully saturated rings. The Morgan fingerprint density at radius 2 is 1.88 bits per heavy atom. The van der Waals surface area contributed by atoms with E-state index in [-0.39, 0.29) is 31.0 Å². The van der Waals surface area contributed by atoms with Gasteiger partial charge in [-0.2, -0.15) is 5.10 Å². The first kappa shape index (κ1) is 18.1. The Kier molecular flexibility index (Phi) is 6.21. The van der Waals surface area contributed by atoms with Gasteiger partial charge in [0.2, 0.25) is 5.91 Å². The van der Waals surface area contributed by atoms with Gasteiger partial charge in [0.05, 0.1) is 12.7 Å². The van der Waals surface area contributed by atoms with Crippen LogP contribution in [-0.2, 0) is 30.4 Å². The van der Waals surface area contributed by atoms with Crippen molar-refractivity contribution in [3.8, 4) is 0 Å². The maximum atomic E-state index is 11.7. The fraction of sp³-hybridized carbons (Fsp3) is 0.312. The molecule has 0 saturated heterocycles. The van der Waals surface area contributed by atoms with E-state index in [0.717, 1.165) is 5.56 Å². The quantitative estimate of drug-likeness (QED) is 0.693. The Hall–Kier alpha value is -3.23. The first-order valence-electron chi connectivity index (χ1n) is 7.46. The van der Waals surface area contributed by atoms with E-state index in [1.165, 1.54) is 7.11 Å². The number of nitrogens with zero attached hydrogens (tertiary/aromatic N) is 1. The topological polar surface area (TPSA) is 123 Å². The van der Waals surface area contributed by atoms with Gasteiger partial charge in [0.15, 0.2) is 6.61 Å². The summed E-state index contributed by atoms with van der Waals surface area (Å²) in [5.74, 6) is -1.93. The normalized spacial score (nSPS) is 13.3. The molecule has 1 aliphatic heterocycles. The molecule has 9 nitrogen and oxygen atoms in total. The highest BCUT2D eigenvalue weighted by Crippen LogP contribution is 2.05. The third-order valence-electron chi connectivity index (χ3n) is 3.34. The lowest BCUT2D eigenvalue weighted by Gasteiger charge is -2.11. The van der Waals surface area contributed by atoms with E-state index in [1.54, 1.807) is 24.3 Å². The number of carbonyl (C=O) groups is 4. The summed E-state index contributed by atoms with van der Waals surface area (Å²) in [6.07, 6.45) is 0.334. The summed E-state index contributed by atoms with van der Waals surface area (Å²) >= 11 is 0. The van der Waals surface area contributed by atoms with Crippen LogP contribution in [0.15, 0.2) is 29.4 Å². The molecule has 0 aromatic heterocycles. The van der Waals surface area contributed by atoms with Crippen LogP contribution >= 0.6 is 0 Å². The molecule has 0 bridgehead atoms. The summed E-state index contributed by atoms with van der Waals surface area (Å²) in [7, 11) is 1.30. The van der Waals surface area contributed by atoms with Crippen LogP contribution in [-0.4, -0.2) is 43.2 Å². The number of ether oxygens (including phenoxy) is 2. The Morgan fingerprint density at radius 3 is 2.48 bits per heavy atom. The van der Waals surface area contributed by atoms with Gasteiger partial charge in [-0.05, 0) is 17.7 Å². The van der Waals surface area contributed by atoms with Crippen molar-refractivity contribution in [2.45, 2.75) is 19.4 Å². The summed E-state index contributed by atoms with van der Waals surface area (Å²) in [6.45, 7) is -0.235. The monoisotopic (exact) mass is 347 g/mol. The molecule has 0 radical (unpaired) electrons. The largest absolute Gasteiger partial charge is 0.465 e. The van der Waals surface area contributed by atoms with Crippen molar-refractivity contribution >= 4 is 29.5 Å². The summed E-state index contributed by atoms with van der Waals surface area (Å²) in [4.78, 5) is 45.6. The van der Waals surface area contributed by atoms with Gasteiger partial charge in [0.1, 0.15) is 5.71 Å². The number of nitrogens with one attached hydrogen (secondary N) is 2. The number of hydrogen-bond donors (Lipinski definition) is 2. The number of hydrogen-bond acceptors (Lipinski definition) is 7. The standard InChI is InChI=1S/C16H17N3O6/c1-24-15(22)11-4-2-10(3-5-11)8-17-14(21)9-25-16(23)12-6-7-13(20)19-18-12/h2-5H,6-9H2,1H3,(H,17,21)(H,19,20). The number of esters is 2. The Morgan fingerprint density at radius 1 is 1.16 bits per heavy atom. The van der Waals surface area contributed by atoms with Crippen LogP contribution < -0.4 is 10.7 Å². The molecular weight excluding hydrogens is 330 g/mol. The maximum Gasteiger partial charge on any atom is 0.355 e. The molecule has 0 aliphatic carbocycles. The average Bonchev–Trinajstić information content (AvgIpc) is 2.64. The Labute approximate surface area is 143 Å². The van der Waals surface area contributed by atoms with Crippen LogP contribution in [0.1, 0.15) is 28.8 Å². The molecule has 1 aliphatic rings. The minimum Gasteiger partial charge on any atom is -0.465 e. The molecule has 2 rings (SSSR count). The van der Waals surface area contributed by atoms with Crippen molar-refractivity contribution in [2.24, 2.45) is 5.10 Å². The highest BCUT2D eigenvalue weighted by Gasteiger charge is 2.20. The number of amides is 2. The summed E-state index contributed by atoms with van der Waals surface area (Å²) < 4.78 is 9.43. The van der Waals surface area contributed by atoms with Crippen LogP contribution in [0, 0.1) is 0 Å². The minimum absolute atomic E-state index is 0.0748. The summed E-state index contributed by atoms with van der Waals surface area (Å²) in [6, 6.07) is 6.53. The molecule has 2 N–H and O–H groups in total. The van der Waals surface area contributed by atoms with Gasteiger partial charge in [0, 0.05) is 19.4 Å². The maximum absolute atomic E-state index is 11.7. The molecule has 132 valence electrons. The molecule has 0 atom stereocenters. The van der Waals surface area contributed by atoms with Gasteiger partial charge in [-0.15, -0.1) is 0 Å². The van der Waals surface area contributed by atoms with E-state index in [2.05, 4.69) is 20.6 Å². The van der Waals surface area contributed by atoms with Gasteiger partial charge >= 0.3 is 11.9 Å². The van der Waals surface area contributed by atoms with Crippen molar-refractivity contribution in [3.63, 3.8) is 0 Å². The van der Waals surface area contributed by atoms with E-state index >= 15 is 0 Å². The van der Waals surface area contributed by atoms with Crippen LogP contribution in [0.2, 0.25) is 0 Å². The summed E-state index contributed by atoms with van der Waals surface area (Å²) in [5, 5.41) is 6.17. The Balaban J connectivity index is 1.74. The second-order valence-electron chi connectivity index (χ2n) is 5.13. The second-order valence-corrected chi connectivity index (χ2v) is 5.13. The van der Waals surface area contributed by atoms with E-state index < -0.39 is 24.5 Å². The molecule has 0 unspecified atom stereocenters. The molecule has 0 saturated carbocycles. The average molecular weight is 347 g/mol. The lowest BCUT2D eigenvalue weighted by atomic mass is 10.1. The third-order valence-corrected chi connectivity index (χ3v) is 3.34. The predicted molar refractivity (Wildman–Crippen MR) is 85.4 cm³/mol. The number of benzene rings is 1. The second kappa shape index (κ2) is 8.57. The van der Waals surface area contributed by atoms with E-state index in [4.69, 9.17) is 4.74 Å². The molecule has 25 heavy (non-hydrogen) atoms. The molecule has 1 aromatic rings. The molecule has 0 spiro atoms. The van der Waals surface area contributed by atoms with Crippen LogP contribution in [0.25, 0.3) is 0 Å². The van der Waals surface area contributed by atoms with Crippen molar-refractivity contribution in [1.29, 1.82) is 0 Å². The smallest absolute Gasteiger partial charge is 0.355 e. The lowest BCUT2D eigenvalue weighted by molar-refractivity contribution is -0.142. The minimum atomic E-state index is -0.738. The number of hydrazone groups is 1. The lowest BCUT2D eigenvalue weighted by Crippen LogP contribution is -2.33. The van der Waals surface area contributed by atoms with Gasteiger partial charge in [-0.25, -0.2) is 15.0 Å². The fourth-order valence-corrected chi connectivity index (χ4v) is 1.96. The summed E-state index contributed by atoms with van der Waals surface area (Å²) in [5.41, 5.74) is 3.43. The number of carbonyl (C=O) groups excluding carboxylic acids is 4. The van der Waals surface area contributed by atoms with Crippen LogP contribution in [0.5, 0.6) is 0 Å². The zero-order valence-corrected chi connectivity index (χ0v) is 13.5. The molecule has 1 aromatic carbocycles. The highest BCUT2D eigenvalue weighted by molar-refractivity contribution is 6.37. The van der Waals surface area contributed by atoms with Crippen LogP contribution in [0.4, 0.5) is 0 Å². The molecule has 2 amide bonds. The van der Waals surface area contributed by atoms with Crippen molar-refractivity contribution in [1.82, 2.24) is 10.7 Å². The first-order chi connectivity index (χ1) is 12.0. The zero-order chi connectivity index (χ0) is 18.2. The molecule has 1 heterocycles. The van der Waals surface area contributed by atoms with Crippen molar-refractivity contribution in [3.05, 3.63) is 35.4 Å². The predicted octanol–water partition coefficient (Wildman–Crippen LogP) is -0.101. The van der Waals surface area contributed by atoms with Gasteiger partial charge in [-0.3, -0.25) is 9.59 Å². The highest BCUT2D eigenvalue weighted by atomic mass is 16.5. The third kappa shape index (κ3) is 5.41. The molecular formula is C16H17N3O6. The van der Waals surface area contributed by atoms with Gasteiger partial charge in [-0.1, -0.05) is 12.1 Å². The SMILES string of the molecule is COC(=O)c1ccc(CNC(=O)COC(=O)C2=NNC(=O)CC2)cc1. The van der Waals surface area contributed by atoms with Crippen LogP contribution in [0.3, 0.4) is 0 Å². The van der Waals surface area contributed by atoms with Gasteiger partial charge in [0.25, 0.3) is 5.91 Å². The Bertz CT molecular complexity index is 711. The van der Waals surface area contributed by atoms with Crippen molar-refractivity contribution in [2.75, 3.05) is 13.7 Å². The van der Waals surface area contributed by atoms with Crippen molar-refractivity contribution < 1.29 is 28.7 Å².